The van der Waals surface area contributed by atoms with Crippen molar-refractivity contribution in [2.75, 3.05) is 19.0 Å². The smallest absolute Gasteiger partial charge is 0.246 e. The third-order valence-electron chi connectivity index (χ3n) is 4.38. The first-order valence-corrected chi connectivity index (χ1v) is 9.90. The molecule has 0 unspecified atom stereocenters. The maximum atomic E-state index is 11.9. The third kappa shape index (κ3) is 11.1. The van der Waals surface area contributed by atoms with E-state index in [2.05, 4.69) is 17.2 Å². The Labute approximate surface area is 163 Å². The Morgan fingerprint density at radius 1 is 0.926 bits per heavy atom. The second-order valence-corrected chi connectivity index (χ2v) is 6.89. The predicted octanol–water partition coefficient (Wildman–Crippen LogP) is 4.84. The Kier molecular flexibility index (Phi) is 11.7. The highest BCUT2D eigenvalue weighted by Gasteiger charge is 2.03. The topological polar surface area (TPSA) is 67.4 Å². The van der Waals surface area contributed by atoms with Crippen LogP contribution < -0.4 is 15.4 Å². The lowest BCUT2D eigenvalue weighted by Crippen LogP contribution is -2.24. The fraction of sp³-hybridized carbons (Fsp3) is 0.545. The summed E-state index contributed by atoms with van der Waals surface area (Å²) in [5.74, 6) is 0.799. The summed E-state index contributed by atoms with van der Waals surface area (Å²) in [7, 11) is 1.62. The van der Waals surface area contributed by atoms with Crippen molar-refractivity contribution in [3.05, 3.63) is 36.4 Å². The average Bonchev–Trinajstić information content (AvgIpc) is 2.66. The molecule has 0 aliphatic heterocycles. The molecular formula is C22H34N2O3. The van der Waals surface area contributed by atoms with Crippen LogP contribution in [0.15, 0.2) is 36.4 Å². The fourth-order valence-electron chi connectivity index (χ4n) is 2.72. The largest absolute Gasteiger partial charge is 0.497 e. The summed E-state index contributed by atoms with van der Waals surface area (Å²) in [5, 5.41) is 5.76. The Balaban J connectivity index is 1.92. The van der Waals surface area contributed by atoms with E-state index in [1.807, 2.05) is 24.3 Å². The minimum atomic E-state index is -0.0500. The maximum absolute atomic E-state index is 11.9. The van der Waals surface area contributed by atoms with Crippen molar-refractivity contribution >= 4 is 17.5 Å². The molecule has 0 aliphatic rings. The van der Waals surface area contributed by atoms with Gasteiger partial charge in [-0.3, -0.25) is 9.59 Å². The highest BCUT2D eigenvalue weighted by molar-refractivity contribution is 5.92. The lowest BCUT2D eigenvalue weighted by molar-refractivity contribution is -0.117. The number of amides is 2. The number of carbonyl (C=O) groups is 2. The van der Waals surface area contributed by atoms with E-state index < -0.39 is 0 Å². The van der Waals surface area contributed by atoms with E-state index in [1.54, 1.807) is 14.0 Å². The van der Waals surface area contributed by atoms with Crippen molar-refractivity contribution in [3.8, 4) is 5.75 Å². The molecule has 0 spiro atoms. The van der Waals surface area contributed by atoms with Crippen LogP contribution in [0.5, 0.6) is 5.75 Å². The van der Waals surface area contributed by atoms with E-state index in [9.17, 15) is 9.59 Å². The van der Waals surface area contributed by atoms with Gasteiger partial charge in [0.25, 0.3) is 0 Å². The lowest BCUT2D eigenvalue weighted by atomic mass is 10.1. The molecule has 150 valence electrons. The zero-order valence-electron chi connectivity index (χ0n) is 16.8. The number of rotatable bonds is 14. The van der Waals surface area contributed by atoms with Crippen molar-refractivity contribution < 1.29 is 14.3 Å². The highest BCUT2D eigenvalue weighted by atomic mass is 16.5. The normalized spacial score (nSPS) is 10.3. The number of nitrogens with one attached hydrogen (secondary N) is 2. The molecule has 0 heterocycles. The number of methoxy groups -OCH3 is 1. The molecule has 0 radical (unpaired) electrons. The van der Waals surface area contributed by atoms with Crippen LogP contribution in [0.3, 0.4) is 0 Å². The molecule has 1 aromatic rings. The van der Waals surface area contributed by atoms with Crippen molar-refractivity contribution in [1.82, 2.24) is 5.32 Å². The van der Waals surface area contributed by atoms with Crippen LogP contribution in [0.1, 0.15) is 64.7 Å². The van der Waals surface area contributed by atoms with Crippen molar-refractivity contribution in [1.29, 1.82) is 0 Å². The number of benzene rings is 1. The molecule has 0 fully saturated rings. The van der Waals surface area contributed by atoms with Crippen LogP contribution in [-0.2, 0) is 9.59 Å². The predicted molar refractivity (Wildman–Crippen MR) is 111 cm³/mol. The van der Waals surface area contributed by atoms with Gasteiger partial charge in [-0.2, -0.15) is 0 Å². The number of anilines is 1. The summed E-state index contributed by atoms with van der Waals surface area (Å²) in [6, 6.07) is 7.37. The molecule has 0 saturated heterocycles. The molecule has 27 heavy (non-hydrogen) atoms. The van der Waals surface area contributed by atoms with Crippen LogP contribution in [0.4, 0.5) is 5.69 Å². The Morgan fingerprint density at radius 2 is 1.48 bits per heavy atom. The van der Waals surface area contributed by atoms with Crippen molar-refractivity contribution in [2.24, 2.45) is 0 Å². The molecule has 5 nitrogen and oxygen atoms in total. The van der Waals surface area contributed by atoms with Crippen molar-refractivity contribution in [2.45, 2.75) is 64.7 Å². The van der Waals surface area contributed by atoms with E-state index >= 15 is 0 Å². The van der Waals surface area contributed by atoms with Crippen LogP contribution in [0.25, 0.3) is 0 Å². The van der Waals surface area contributed by atoms with E-state index in [1.165, 1.54) is 25.7 Å². The fourth-order valence-corrected chi connectivity index (χ4v) is 2.72. The summed E-state index contributed by atoms with van der Waals surface area (Å²) in [6.07, 6.45) is 9.52. The molecule has 1 aromatic carbocycles. The molecule has 0 saturated carbocycles. The summed E-state index contributed by atoms with van der Waals surface area (Å²) >= 11 is 0. The summed E-state index contributed by atoms with van der Waals surface area (Å²) < 4.78 is 5.10. The van der Waals surface area contributed by atoms with Gasteiger partial charge >= 0.3 is 0 Å². The van der Waals surface area contributed by atoms with Gasteiger partial charge in [0.05, 0.1) is 7.11 Å². The van der Waals surface area contributed by atoms with Gasteiger partial charge in [0.2, 0.25) is 11.8 Å². The molecule has 0 aromatic heterocycles. The van der Waals surface area contributed by atoms with Gasteiger partial charge in [-0.05, 0) is 44.0 Å². The second kappa shape index (κ2) is 13.8. The number of hydrogen-bond acceptors (Lipinski definition) is 3. The number of carbonyl (C=O) groups excluding carboxylic acids is 2. The van der Waals surface area contributed by atoms with Gasteiger partial charge in [-0.25, -0.2) is 0 Å². The highest BCUT2D eigenvalue weighted by Crippen LogP contribution is 2.16. The zero-order chi connectivity index (χ0) is 19.9. The van der Waals surface area contributed by atoms with Crippen LogP contribution >= 0.6 is 0 Å². The number of unbranched alkanes of at least 4 members (excludes halogenated alkanes) is 7. The van der Waals surface area contributed by atoms with Gasteiger partial charge in [0.1, 0.15) is 5.75 Å². The molecule has 1 rings (SSSR count). The average molecular weight is 375 g/mol. The number of hydrogen-bond donors (Lipinski definition) is 2. The quantitative estimate of drug-likeness (QED) is 0.362. The van der Waals surface area contributed by atoms with Crippen LogP contribution in [-0.4, -0.2) is 25.5 Å². The Morgan fingerprint density at radius 3 is 2.04 bits per heavy atom. The van der Waals surface area contributed by atoms with Crippen molar-refractivity contribution in [3.63, 3.8) is 0 Å². The molecule has 0 atom stereocenters. The SMILES string of the molecule is C=C(C)C(=O)NCCCCCCCCCCC(=O)Nc1ccc(OC)cc1. The lowest BCUT2D eigenvalue weighted by Gasteiger charge is -2.06. The minimum absolute atomic E-state index is 0.0500. The van der Waals surface area contributed by atoms with E-state index in [-0.39, 0.29) is 11.8 Å². The molecule has 0 bridgehead atoms. The number of ether oxygens (including phenoxy) is 1. The minimum Gasteiger partial charge on any atom is -0.497 e. The van der Waals surface area contributed by atoms with E-state index in [0.717, 1.165) is 43.7 Å². The maximum Gasteiger partial charge on any atom is 0.246 e. The molecule has 5 heteroatoms. The van der Waals surface area contributed by atoms with Gasteiger partial charge in [-0.1, -0.05) is 45.1 Å². The third-order valence-corrected chi connectivity index (χ3v) is 4.38. The van der Waals surface area contributed by atoms with E-state index in [0.29, 0.717) is 12.0 Å². The zero-order valence-corrected chi connectivity index (χ0v) is 16.8. The van der Waals surface area contributed by atoms with Crippen LogP contribution in [0.2, 0.25) is 0 Å². The second-order valence-electron chi connectivity index (χ2n) is 6.89. The summed E-state index contributed by atoms with van der Waals surface area (Å²) in [5.41, 5.74) is 1.37. The summed E-state index contributed by atoms with van der Waals surface area (Å²) in [4.78, 5) is 23.2. The molecule has 0 aliphatic carbocycles. The first-order valence-electron chi connectivity index (χ1n) is 9.90. The molecule has 2 N–H and O–H groups in total. The van der Waals surface area contributed by atoms with Gasteiger partial charge in [-0.15, -0.1) is 0 Å². The standard InChI is InChI=1S/C22H34N2O3/c1-18(2)22(26)23-17-11-9-7-5-4-6-8-10-12-21(25)24-19-13-15-20(27-3)16-14-19/h13-16H,1,4-12,17H2,2-3H3,(H,23,26)(H,24,25). The molecular weight excluding hydrogens is 340 g/mol. The van der Waals surface area contributed by atoms with Gasteiger partial charge < -0.3 is 15.4 Å². The van der Waals surface area contributed by atoms with E-state index in [4.69, 9.17) is 4.74 Å². The van der Waals surface area contributed by atoms with Gasteiger partial charge in [0, 0.05) is 24.2 Å². The first kappa shape index (κ1) is 22.7. The van der Waals surface area contributed by atoms with Crippen LogP contribution in [0, 0.1) is 0 Å². The monoisotopic (exact) mass is 374 g/mol. The van der Waals surface area contributed by atoms with Gasteiger partial charge in [0.15, 0.2) is 0 Å². The first-order chi connectivity index (χ1) is 13.0. The Bertz CT molecular complexity index is 582. The molecule has 2 amide bonds. The Hall–Kier alpha value is -2.30. The summed E-state index contributed by atoms with van der Waals surface area (Å²) in [6.45, 7) is 6.07.